The number of thioether (sulfide) groups is 1. The molecule has 0 bridgehead atoms. The number of carboxylic acids is 1. The lowest BCUT2D eigenvalue weighted by molar-refractivity contribution is -0.146. The van der Waals surface area contributed by atoms with Gasteiger partial charge in [0.2, 0.25) is 5.91 Å². The number of carbonyl (C=O) groups excluding carboxylic acids is 1. The number of rotatable bonds is 4. The number of carboxylic acid groups (broad SMARTS) is 1. The molecule has 1 saturated carbocycles. The normalized spacial score (nSPS) is 35.0. The largest absolute Gasteiger partial charge is 0.481 e. The Morgan fingerprint density at radius 2 is 2.00 bits per heavy atom. The Kier molecular flexibility index (Phi) is 5.13. The summed E-state index contributed by atoms with van der Waals surface area (Å²) in [4.78, 5) is 23.3. The van der Waals surface area contributed by atoms with Crippen LogP contribution in [-0.2, 0) is 9.59 Å². The maximum Gasteiger partial charge on any atom is 0.307 e. The van der Waals surface area contributed by atoms with Crippen molar-refractivity contribution < 1.29 is 14.7 Å². The fourth-order valence-electron chi connectivity index (χ4n) is 3.17. The minimum Gasteiger partial charge on any atom is -0.481 e. The Labute approximate surface area is 118 Å². The van der Waals surface area contributed by atoms with E-state index in [0.717, 1.165) is 6.42 Å². The van der Waals surface area contributed by atoms with Gasteiger partial charge in [0, 0.05) is 11.8 Å². The van der Waals surface area contributed by atoms with Gasteiger partial charge in [-0.3, -0.25) is 9.59 Å². The molecule has 0 aromatic heterocycles. The van der Waals surface area contributed by atoms with Gasteiger partial charge >= 0.3 is 5.97 Å². The number of aliphatic carboxylic acids is 1. The molecule has 108 valence electrons. The molecule has 2 fully saturated rings. The molecule has 0 radical (unpaired) electrons. The van der Waals surface area contributed by atoms with Gasteiger partial charge in [-0.2, -0.15) is 11.8 Å². The first-order chi connectivity index (χ1) is 9.08. The van der Waals surface area contributed by atoms with Crippen molar-refractivity contribution in [3.63, 3.8) is 0 Å². The molecule has 2 N–H and O–H groups in total. The van der Waals surface area contributed by atoms with E-state index in [1.165, 1.54) is 18.6 Å². The van der Waals surface area contributed by atoms with E-state index in [9.17, 15) is 14.7 Å². The highest BCUT2D eigenvalue weighted by Gasteiger charge is 2.41. The summed E-state index contributed by atoms with van der Waals surface area (Å²) in [6.07, 6.45) is 5.02. The quantitative estimate of drug-likeness (QED) is 0.830. The van der Waals surface area contributed by atoms with Gasteiger partial charge in [-0.1, -0.05) is 13.3 Å². The van der Waals surface area contributed by atoms with Gasteiger partial charge in [0.15, 0.2) is 0 Å². The SMILES string of the molecule is CC1CC(C(=O)O)C(C(=O)NCC2CCCCS2)C1. The molecular formula is C14H23NO3S. The minimum absolute atomic E-state index is 0.0528. The molecule has 1 aliphatic heterocycles. The smallest absolute Gasteiger partial charge is 0.307 e. The Balaban J connectivity index is 1.82. The lowest BCUT2D eigenvalue weighted by Crippen LogP contribution is -2.39. The van der Waals surface area contributed by atoms with Gasteiger partial charge in [-0.25, -0.2) is 0 Å². The van der Waals surface area contributed by atoms with Crippen molar-refractivity contribution in [3.8, 4) is 0 Å². The van der Waals surface area contributed by atoms with Gasteiger partial charge in [-0.15, -0.1) is 0 Å². The Morgan fingerprint density at radius 1 is 1.26 bits per heavy atom. The van der Waals surface area contributed by atoms with Gasteiger partial charge in [0.25, 0.3) is 0 Å². The van der Waals surface area contributed by atoms with Crippen molar-refractivity contribution in [2.75, 3.05) is 12.3 Å². The molecule has 2 aliphatic rings. The molecule has 0 aromatic carbocycles. The highest BCUT2D eigenvalue weighted by Crippen LogP contribution is 2.36. The van der Waals surface area contributed by atoms with Crippen molar-refractivity contribution in [1.82, 2.24) is 5.32 Å². The highest BCUT2D eigenvalue weighted by molar-refractivity contribution is 7.99. The topological polar surface area (TPSA) is 66.4 Å². The molecule has 4 atom stereocenters. The van der Waals surface area contributed by atoms with Gasteiger partial charge in [-0.05, 0) is 37.4 Å². The van der Waals surface area contributed by atoms with Crippen LogP contribution in [0.4, 0.5) is 0 Å². The van der Waals surface area contributed by atoms with E-state index in [2.05, 4.69) is 5.32 Å². The van der Waals surface area contributed by atoms with Gasteiger partial charge < -0.3 is 10.4 Å². The molecule has 19 heavy (non-hydrogen) atoms. The van der Waals surface area contributed by atoms with E-state index in [1.54, 1.807) is 0 Å². The first-order valence-corrected chi connectivity index (χ1v) is 8.25. The van der Waals surface area contributed by atoms with Crippen molar-refractivity contribution in [3.05, 3.63) is 0 Å². The van der Waals surface area contributed by atoms with Gasteiger partial charge in [0.05, 0.1) is 11.8 Å². The molecular weight excluding hydrogens is 262 g/mol. The number of hydrogen-bond acceptors (Lipinski definition) is 3. The molecule has 1 amide bonds. The molecule has 1 heterocycles. The van der Waals surface area contributed by atoms with Gasteiger partial charge in [0.1, 0.15) is 0 Å². The first-order valence-electron chi connectivity index (χ1n) is 7.20. The van der Waals surface area contributed by atoms with Crippen LogP contribution in [0.15, 0.2) is 0 Å². The molecule has 1 saturated heterocycles. The van der Waals surface area contributed by atoms with Crippen molar-refractivity contribution >= 4 is 23.6 Å². The van der Waals surface area contributed by atoms with Crippen LogP contribution >= 0.6 is 11.8 Å². The third kappa shape index (κ3) is 3.88. The summed E-state index contributed by atoms with van der Waals surface area (Å²) in [5, 5.41) is 12.7. The average molecular weight is 285 g/mol. The predicted octanol–water partition coefficient (Wildman–Crippen LogP) is 2.14. The van der Waals surface area contributed by atoms with Crippen LogP contribution in [0, 0.1) is 17.8 Å². The number of hydrogen-bond donors (Lipinski definition) is 2. The zero-order valence-electron chi connectivity index (χ0n) is 11.4. The predicted molar refractivity (Wildman–Crippen MR) is 76.1 cm³/mol. The third-order valence-electron chi connectivity index (χ3n) is 4.23. The zero-order valence-corrected chi connectivity index (χ0v) is 12.2. The molecule has 0 aromatic rings. The maximum absolute atomic E-state index is 12.2. The summed E-state index contributed by atoms with van der Waals surface area (Å²) in [5.74, 6) is -0.186. The van der Waals surface area contributed by atoms with Crippen molar-refractivity contribution in [2.24, 2.45) is 17.8 Å². The Bertz CT molecular complexity index is 342. The van der Waals surface area contributed by atoms with Crippen LogP contribution < -0.4 is 5.32 Å². The fourth-order valence-corrected chi connectivity index (χ4v) is 4.41. The standard InChI is InChI=1S/C14H23NO3S/c1-9-6-11(12(7-9)14(17)18)13(16)15-8-10-4-2-3-5-19-10/h9-12H,2-8H2,1H3,(H,15,16)(H,17,18). The van der Waals surface area contributed by atoms with Crippen molar-refractivity contribution in [2.45, 2.75) is 44.3 Å². The molecule has 4 nitrogen and oxygen atoms in total. The molecule has 5 heteroatoms. The van der Waals surface area contributed by atoms with Crippen LogP contribution in [-0.4, -0.2) is 34.5 Å². The van der Waals surface area contributed by atoms with E-state index in [0.29, 0.717) is 30.6 Å². The van der Waals surface area contributed by atoms with E-state index in [-0.39, 0.29) is 11.8 Å². The zero-order chi connectivity index (χ0) is 13.8. The third-order valence-corrected chi connectivity index (χ3v) is 5.63. The van der Waals surface area contributed by atoms with Crippen LogP contribution in [0.25, 0.3) is 0 Å². The second-order valence-corrected chi connectivity index (χ2v) is 7.27. The summed E-state index contributed by atoms with van der Waals surface area (Å²) in [5.41, 5.74) is 0. The minimum atomic E-state index is -0.823. The maximum atomic E-state index is 12.2. The lowest BCUT2D eigenvalue weighted by atomic mass is 9.95. The van der Waals surface area contributed by atoms with E-state index in [4.69, 9.17) is 0 Å². The Hall–Kier alpha value is -0.710. The van der Waals surface area contributed by atoms with Crippen LogP contribution in [0.2, 0.25) is 0 Å². The molecule has 2 rings (SSSR count). The summed E-state index contributed by atoms with van der Waals surface area (Å²) >= 11 is 1.92. The summed E-state index contributed by atoms with van der Waals surface area (Å²) in [6, 6.07) is 0. The lowest BCUT2D eigenvalue weighted by Gasteiger charge is -2.23. The fraction of sp³-hybridized carbons (Fsp3) is 0.857. The first kappa shape index (κ1) is 14.7. The van der Waals surface area contributed by atoms with Crippen LogP contribution in [0.3, 0.4) is 0 Å². The van der Waals surface area contributed by atoms with E-state index < -0.39 is 11.9 Å². The Morgan fingerprint density at radius 3 is 2.63 bits per heavy atom. The second kappa shape index (κ2) is 6.64. The van der Waals surface area contributed by atoms with E-state index in [1.807, 2.05) is 18.7 Å². The number of carbonyl (C=O) groups is 2. The monoisotopic (exact) mass is 285 g/mol. The second-order valence-electron chi connectivity index (χ2n) is 5.86. The molecule has 1 aliphatic carbocycles. The summed E-state index contributed by atoms with van der Waals surface area (Å²) < 4.78 is 0. The highest BCUT2D eigenvalue weighted by atomic mass is 32.2. The molecule has 0 spiro atoms. The number of amides is 1. The summed E-state index contributed by atoms with van der Waals surface area (Å²) in [6.45, 7) is 2.72. The summed E-state index contributed by atoms with van der Waals surface area (Å²) in [7, 11) is 0. The number of nitrogens with one attached hydrogen (secondary N) is 1. The van der Waals surface area contributed by atoms with Crippen LogP contribution in [0.5, 0.6) is 0 Å². The van der Waals surface area contributed by atoms with Crippen molar-refractivity contribution in [1.29, 1.82) is 0 Å². The van der Waals surface area contributed by atoms with Crippen LogP contribution in [0.1, 0.15) is 39.0 Å². The molecule has 4 unspecified atom stereocenters. The average Bonchev–Trinajstić information content (AvgIpc) is 2.79. The van der Waals surface area contributed by atoms with E-state index >= 15 is 0 Å².